The van der Waals surface area contributed by atoms with E-state index in [1.54, 1.807) is 6.07 Å². The number of nitrogens with zero attached hydrogens (tertiary/aromatic N) is 2. The van der Waals surface area contributed by atoms with Crippen molar-refractivity contribution in [1.29, 1.82) is 0 Å². The third-order valence-electron chi connectivity index (χ3n) is 4.45. The maximum Gasteiger partial charge on any atom is 0.167 e. The molecule has 0 radical (unpaired) electrons. The number of nitrogens with two attached hydrogens (primary N) is 1. The number of para-hydroxylation sites is 1. The Morgan fingerprint density at radius 3 is 2.58 bits per heavy atom. The van der Waals surface area contributed by atoms with Crippen molar-refractivity contribution in [3.05, 3.63) is 83.7 Å². The van der Waals surface area contributed by atoms with E-state index in [1.165, 1.54) is 0 Å². The molecule has 0 amide bonds. The Balaban J connectivity index is 1.71. The molecule has 1 atom stereocenters. The lowest BCUT2D eigenvalue weighted by atomic mass is 9.94. The van der Waals surface area contributed by atoms with Crippen molar-refractivity contribution in [1.82, 2.24) is 10.1 Å². The van der Waals surface area contributed by atoms with Gasteiger partial charge in [-0.25, -0.2) is 0 Å². The summed E-state index contributed by atoms with van der Waals surface area (Å²) in [5, 5.41) is 14.5. The second kappa shape index (κ2) is 7.07. The van der Waals surface area contributed by atoms with Gasteiger partial charge < -0.3 is 15.4 Å². The zero-order valence-corrected chi connectivity index (χ0v) is 14.2. The Morgan fingerprint density at radius 1 is 0.923 bits per heavy atom. The van der Waals surface area contributed by atoms with Gasteiger partial charge in [-0.1, -0.05) is 47.6 Å². The van der Waals surface area contributed by atoms with Crippen molar-refractivity contribution < 1.29 is 9.63 Å². The van der Waals surface area contributed by atoms with Gasteiger partial charge in [0, 0.05) is 29.1 Å². The summed E-state index contributed by atoms with van der Waals surface area (Å²) in [6.45, 7) is -0.0788. The average molecular weight is 345 g/mol. The van der Waals surface area contributed by atoms with Crippen molar-refractivity contribution in [2.24, 2.45) is 5.73 Å². The quantitative estimate of drug-likeness (QED) is 0.577. The van der Waals surface area contributed by atoms with Crippen molar-refractivity contribution in [3.8, 4) is 11.3 Å². The van der Waals surface area contributed by atoms with Crippen LogP contribution in [-0.4, -0.2) is 15.2 Å². The van der Waals surface area contributed by atoms with Gasteiger partial charge in [0.2, 0.25) is 0 Å². The SMILES string of the molecule is NC(Cc1cccc(CO)n1)c1ccccc1-c1noc2ccccc12. The lowest BCUT2D eigenvalue weighted by Crippen LogP contribution is -2.15. The second-order valence-corrected chi connectivity index (χ2v) is 6.20. The standard InChI is InChI=1S/C21H19N3O2/c22-19(12-14-6-5-7-15(13-25)23-14)16-8-1-2-9-17(16)21-18-10-3-4-11-20(18)26-24-21/h1-11,19,25H,12-13,22H2. The zero-order valence-electron chi connectivity index (χ0n) is 14.2. The fraction of sp³-hybridized carbons (Fsp3) is 0.143. The molecule has 0 fully saturated rings. The highest BCUT2D eigenvalue weighted by Crippen LogP contribution is 2.33. The molecular weight excluding hydrogens is 326 g/mol. The van der Waals surface area contributed by atoms with E-state index < -0.39 is 0 Å². The maximum atomic E-state index is 9.27. The molecule has 0 saturated carbocycles. The molecule has 2 heterocycles. The van der Waals surface area contributed by atoms with Crippen molar-refractivity contribution >= 4 is 11.0 Å². The average Bonchev–Trinajstić information content (AvgIpc) is 3.12. The van der Waals surface area contributed by atoms with Crippen LogP contribution in [0.25, 0.3) is 22.2 Å². The summed E-state index contributed by atoms with van der Waals surface area (Å²) in [6.07, 6.45) is 0.570. The van der Waals surface area contributed by atoms with Crippen LogP contribution in [0.5, 0.6) is 0 Å². The largest absolute Gasteiger partial charge is 0.390 e. The van der Waals surface area contributed by atoms with E-state index in [0.717, 1.165) is 33.5 Å². The normalized spacial score (nSPS) is 12.4. The Labute approximate surface area is 151 Å². The molecule has 0 aliphatic carbocycles. The fourth-order valence-corrected chi connectivity index (χ4v) is 3.18. The molecule has 26 heavy (non-hydrogen) atoms. The van der Waals surface area contributed by atoms with Crippen LogP contribution in [0.15, 0.2) is 71.3 Å². The number of aliphatic hydroxyl groups excluding tert-OH is 1. The summed E-state index contributed by atoms with van der Waals surface area (Å²) in [5.41, 5.74) is 11.5. The van der Waals surface area contributed by atoms with Gasteiger partial charge in [-0.2, -0.15) is 0 Å². The van der Waals surface area contributed by atoms with Crippen LogP contribution < -0.4 is 5.73 Å². The molecule has 2 aromatic heterocycles. The number of aromatic nitrogens is 2. The van der Waals surface area contributed by atoms with E-state index in [4.69, 9.17) is 10.3 Å². The lowest BCUT2D eigenvalue weighted by molar-refractivity contribution is 0.276. The molecule has 0 aliphatic heterocycles. The molecule has 0 spiro atoms. The summed E-state index contributed by atoms with van der Waals surface area (Å²) in [4.78, 5) is 4.43. The van der Waals surface area contributed by atoms with Gasteiger partial charge in [0.25, 0.3) is 0 Å². The molecule has 3 N–H and O–H groups in total. The van der Waals surface area contributed by atoms with Crippen LogP contribution in [0.4, 0.5) is 0 Å². The maximum absolute atomic E-state index is 9.27. The summed E-state index contributed by atoms with van der Waals surface area (Å²) >= 11 is 0. The minimum absolute atomic E-state index is 0.0788. The topological polar surface area (TPSA) is 85.2 Å². The molecule has 4 rings (SSSR count). The van der Waals surface area contributed by atoms with Crippen LogP contribution in [0, 0.1) is 0 Å². The van der Waals surface area contributed by atoms with E-state index in [-0.39, 0.29) is 12.6 Å². The number of hydrogen-bond donors (Lipinski definition) is 2. The first-order valence-corrected chi connectivity index (χ1v) is 8.51. The lowest BCUT2D eigenvalue weighted by Gasteiger charge is -2.15. The highest BCUT2D eigenvalue weighted by Gasteiger charge is 2.18. The van der Waals surface area contributed by atoms with Crippen LogP contribution in [0.3, 0.4) is 0 Å². The molecule has 0 saturated heterocycles. The Bertz CT molecular complexity index is 1040. The number of benzene rings is 2. The van der Waals surface area contributed by atoms with Gasteiger partial charge in [-0.3, -0.25) is 4.98 Å². The highest BCUT2D eigenvalue weighted by molar-refractivity contribution is 5.92. The summed E-state index contributed by atoms with van der Waals surface area (Å²) in [6, 6.07) is 21.1. The van der Waals surface area contributed by atoms with Crippen LogP contribution in [-0.2, 0) is 13.0 Å². The Kier molecular flexibility index (Phi) is 4.48. The summed E-state index contributed by atoms with van der Waals surface area (Å²) in [5.74, 6) is 0. The van der Waals surface area contributed by atoms with E-state index >= 15 is 0 Å². The first-order valence-electron chi connectivity index (χ1n) is 8.51. The highest BCUT2D eigenvalue weighted by atomic mass is 16.5. The first kappa shape index (κ1) is 16.4. The van der Waals surface area contributed by atoms with Crippen LogP contribution in [0.1, 0.15) is 23.0 Å². The molecule has 130 valence electrons. The second-order valence-electron chi connectivity index (χ2n) is 6.20. The van der Waals surface area contributed by atoms with Crippen LogP contribution in [0.2, 0.25) is 0 Å². The van der Waals surface area contributed by atoms with Gasteiger partial charge in [-0.05, 0) is 29.8 Å². The molecule has 5 heteroatoms. The van der Waals surface area contributed by atoms with E-state index in [2.05, 4.69) is 10.1 Å². The molecule has 0 bridgehead atoms. The van der Waals surface area contributed by atoms with Crippen molar-refractivity contribution in [2.45, 2.75) is 19.1 Å². The molecular formula is C21H19N3O2. The fourth-order valence-electron chi connectivity index (χ4n) is 3.18. The number of rotatable bonds is 5. The van der Waals surface area contributed by atoms with E-state index in [9.17, 15) is 5.11 Å². The van der Waals surface area contributed by atoms with Gasteiger partial charge >= 0.3 is 0 Å². The number of pyridine rings is 1. The van der Waals surface area contributed by atoms with Crippen LogP contribution >= 0.6 is 0 Å². The monoisotopic (exact) mass is 345 g/mol. The van der Waals surface area contributed by atoms with Gasteiger partial charge in [-0.15, -0.1) is 0 Å². The minimum atomic E-state index is -0.247. The van der Waals surface area contributed by atoms with Crippen molar-refractivity contribution in [3.63, 3.8) is 0 Å². The predicted molar refractivity (Wildman–Crippen MR) is 100 cm³/mol. The first-order chi connectivity index (χ1) is 12.8. The smallest absolute Gasteiger partial charge is 0.167 e. The van der Waals surface area contributed by atoms with Crippen molar-refractivity contribution in [2.75, 3.05) is 0 Å². The number of aliphatic hydroxyl groups is 1. The summed E-state index contributed by atoms with van der Waals surface area (Å²) < 4.78 is 5.46. The third-order valence-corrected chi connectivity index (χ3v) is 4.45. The Hall–Kier alpha value is -3.02. The number of hydrogen-bond acceptors (Lipinski definition) is 5. The van der Waals surface area contributed by atoms with Gasteiger partial charge in [0.05, 0.1) is 12.3 Å². The molecule has 0 aliphatic rings. The van der Waals surface area contributed by atoms with E-state index in [0.29, 0.717) is 12.1 Å². The molecule has 2 aromatic carbocycles. The molecule has 4 aromatic rings. The summed E-state index contributed by atoms with van der Waals surface area (Å²) in [7, 11) is 0. The van der Waals surface area contributed by atoms with Gasteiger partial charge in [0.1, 0.15) is 5.69 Å². The third kappa shape index (κ3) is 3.10. The Morgan fingerprint density at radius 2 is 1.69 bits per heavy atom. The number of fused-ring (bicyclic) bond motifs is 1. The van der Waals surface area contributed by atoms with Gasteiger partial charge in [0.15, 0.2) is 5.58 Å². The molecule has 5 nitrogen and oxygen atoms in total. The molecule has 1 unspecified atom stereocenters. The zero-order chi connectivity index (χ0) is 17.9. The minimum Gasteiger partial charge on any atom is -0.390 e. The van der Waals surface area contributed by atoms with E-state index in [1.807, 2.05) is 60.7 Å². The predicted octanol–water partition coefficient (Wildman–Crippen LogP) is 3.62.